The molecule has 25 heavy (non-hydrogen) atoms. The summed E-state index contributed by atoms with van der Waals surface area (Å²) in [5.41, 5.74) is 0.167. The molecule has 2 rings (SSSR count). The molecule has 1 aromatic carbocycles. The summed E-state index contributed by atoms with van der Waals surface area (Å²) < 4.78 is 15.6. The number of methoxy groups -OCH3 is 1. The summed E-state index contributed by atoms with van der Waals surface area (Å²) in [5, 5.41) is 10.2. The molecule has 7 heteroatoms. The van der Waals surface area contributed by atoms with Gasteiger partial charge in [0.15, 0.2) is 12.2 Å². The lowest BCUT2D eigenvalue weighted by Gasteiger charge is -2.34. The molecule has 0 radical (unpaired) electrons. The molecule has 1 N–H and O–H groups in total. The molecular weight excluding hydrogens is 326 g/mol. The van der Waals surface area contributed by atoms with E-state index in [1.165, 1.54) is 0 Å². The molecule has 0 bridgehead atoms. The van der Waals surface area contributed by atoms with Crippen molar-refractivity contribution in [1.82, 2.24) is 4.90 Å². The molecule has 2 unspecified atom stereocenters. The van der Waals surface area contributed by atoms with E-state index in [0.717, 1.165) is 11.3 Å². The van der Waals surface area contributed by atoms with Crippen LogP contribution >= 0.6 is 0 Å². The minimum absolute atomic E-state index is 0.242. The summed E-state index contributed by atoms with van der Waals surface area (Å²) in [6.45, 7) is 6.07. The number of hydrogen-bond acceptors (Lipinski definition) is 6. The average molecular weight is 351 g/mol. The Kier molecular flexibility index (Phi) is 6.02. The summed E-state index contributed by atoms with van der Waals surface area (Å²) in [7, 11) is 1.59. The second-order valence-corrected chi connectivity index (χ2v) is 6.88. The quantitative estimate of drug-likeness (QED) is 0.801. The molecule has 7 nitrogen and oxygen atoms in total. The number of esters is 1. The van der Waals surface area contributed by atoms with Crippen molar-refractivity contribution in [2.45, 2.75) is 45.1 Å². The molecule has 0 aromatic heterocycles. The third-order valence-corrected chi connectivity index (χ3v) is 3.68. The van der Waals surface area contributed by atoms with E-state index >= 15 is 0 Å². The van der Waals surface area contributed by atoms with E-state index in [4.69, 9.17) is 14.2 Å². The maximum atomic E-state index is 12.6. The highest BCUT2D eigenvalue weighted by atomic mass is 16.6. The lowest BCUT2D eigenvalue weighted by Crippen LogP contribution is -2.54. The molecule has 1 fully saturated rings. The summed E-state index contributed by atoms with van der Waals surface area (Å²) in [5.74, 6) is -0.562. The van der Waals surface area contributed by atoms with E-state index in [9.17, 15) is 14.7 Å². The fourth-order valence-corrected chi connectivity index (χ4v) is 2.47. The number of nitrogens with zero attached hydrogens (tertiary/aromatic N) is 1. The van der Waals surface area contributed by atoms with Crippen molar-refractivity contribution in [3.05, 3.63) is 29.8 Å². The molecule has 0 saturated carbocycles. The van der Waals surface area contributed by atoms with Crippen LogP contribution in [0.15, 0.2) is 24.3 Å². The SMILES string of the molecule is COc1ccc(CN2CCOC(C(O)C(=O)OC(C)(C)C)C2=O)cc1. The molecular formula is C18H25NO6. The number of hydrogen-bond donors (Lipinski definition) is 1. The van der Waals surface area contributed by atoms with Gasteiger partial charge in [0.1, 0.15) is 11.4 Å². The van der Waals surface area contributed by atoms with E-state index < -0.39 is 29.7 Å². The van der Waals surface area contributed by atoms with Crippen LogP contribution in [0.4, 0.5) is 0 Å². The first kappa shape index (κ1) is 19.2. The van der Waals surface area contributed by atoms with Crippen molar-refractivity contribution >= 4 is 11.9 Å². The fraction of sp³-hybridized carbons (Fsp3) is 0.556. The Morgan fingerprint density at radius 3 is 2.56 bits per heavy atom. The van der Waals surface area contributed by atoms with Crippen LogP contribution in [0, 0.1) is 0 Å². The minimum Gasteiger partial charge on any atom is -0.497 e. The topological polar surface area (TPSA) is 85.3 Å². The van der Waals surface area contributed by atoms with Gasteiger partial charge in [0, 0.05) is 13.1 Å². The minimum atomic E-state index is -1.65. The van der Waals surface area contributed by atoms with Crippen LogP contribution < -0.4 is 4.74 Å². The van der Waals surface area contributed by atoms with Crippen LogP contribution in [0.25, 0.3) is 0 Å². The Labute approximate surface area is 147 Å². The number of morpholine rings is 1. The highest BCUT2D eigenvalue weighted by Gasteiger charge is 2.40. The smallest absolute Gasteiger partial charge is 0.338 e. The third-order valence-electron chi connectivity index (χ3n) is 3.68. The average Bonchev–Trinajstić information content (AvgIpc) is 2.55. The van der Waals surface area contributed by atoms with Gasteiger partial charge >= 0.3 is 5.97 Å². The van der Waals surface area contributed by atoms with Gasteiger partial charge in [-0.1, -0.05) is 12.1 Å². The zero-order valence-electron chi connectivity index (χ0n) is 15.0. The second kappa shape index (κ2) is 7.84. The van der Waals surface area contributed by atoms with E-state index in [-0.39, 0.29) is 6.61 Å². The Hall–Kier alpha value is -2.12. The van der Waals surface area contributed by atoms with Gasteiger partial charge in [-0.05, 0) is 38.5 Å². The van der Waals surface area contributed by atoms with Gasteiger partial charge in [-0.3, -0.25) is 4.79 Å². The van der Waals surface area contributed by atoms with Crippen molar-refractivity contribution in [3.63, 3.8) is 0 Å². The van der Waals surface area contributed by atoms with Crippen molar-refractivity contribution < 1.29 is 28.9 Å². The molecule has 1 aliphatic heterocycles. The molecule has 1 amide bonds. The van der Waals surface area contributed by atoms with E-state index in [0.29, 0.717) is 13.1 Å². The Balaban J connectivity index is 2.02. The molecule has 0 spiro atoms. The zero-order valence-corrected chi connectivity index (χ0v) is 15.0. The number of amides is 1. The van der Waals surface area contributed by atoms with Crippen LogP contribution in [0.3, 0.4) is 0 Å². The monoisotopic (exact) mass is 351 g/mol. The predicted molar refractivity (Wildman–Crippen MR) is 90.0 cm³/mol. The van der Waals surface area contributed by atoms with Gasteiger partial charge in [0.05, 0.1) is 13.7 Å². The molecule has 1 saturated heterocycles. The van der Waals surface area contributed by atoms with Crippen molar-refractivity contribution in [2.75, 3.05) is 20.3 Å². The van der Waals surface area contributed by atoms with Gasteiger partial charge < -0.3 is 24.2 Å². The van der Waals surface area contributed by atoms with Crippen LogP contribution in [-0.4, -0.2) is 60.0 Å². The molecule has 1 heterocycles. The fourth-order valence-electron chi connectivity index (χ4n) is 2.47. The summed E-state index contributed by atoms with van der Waals surface area (Å²) in [6.07, 6.45) is -2.90. The summed E-state index contributed by atoms with van der Waals surface area (Å²) in [4.78, 5) is 26.1. The van der Waals surface area contributed by atoms with Gasteiger partial charge in [0.2, 0.25) is 0 Å². The molecule has 138 valence electrons. The number of ether oxygens (including phenoxy) is 3. The Morgan fingerprint density at radius 2 is 2.00 bits per heavy atom. The van der Waals surface area contributed by atoms with E-state index in [1.807, 2.05) is 24.3 Å². The van der Waals surface area contributed by atoms with Crippen molar-refractivity contribution in [3.8, 4) is 5.75 Å². The lowest BCUT2D eigenvalue weighted by molar-refractivity contribution is -0.184. The number of aliphatic hydroxyl groups is 1. The number of rotatable bonds is 5. The van der Waals surface area contributed by atoms with E-state index in [1.54, 1.807) is 32.8 Å². The summed E-state index contributed by atoms with van der Waals surface area (Å²) in [6, 6.07) is 7.35. The number of carbonyl (C=O) groups is 2. The standard InChI is InChI=1S/C18H25NO6/c1-18(2,3)25-17(22)14(20)15-16(21)19(9-10-24-15)11-12-5-7-13(23-4)8-6-12/h5-8,14-15,20H,9-11H2,1-4H3. The lowest BCUT2D eigenvalue weighted by atomic mass is 10.1. The van der Waals surface area contributed by atoms with Gasteiger partial charge in [0.25, 0.3) is 5.91 Å². The molecule has 1 aromatic rings. The van der Waals surface area contributed by atoms with Crippen molar-refractivity contribution in [2.24, 2.45) is 0 Å². The number of aliphatic hydroxyl groups excluding tert-OH is 1. The van der Waals surface area contributed by atoms with Crippen LogP contribution in [0.2, 0.25) is 0 Å². The van der Waals surface area contributed by atoms with Gasteiger partial charge in [-0.2, -0.15) is 0 Å². The predicted octanol–water partition coefficient (Wildman–Crippen LogP) is 1.13. The first-order chi connectivity index (χ1) is 11.7. The molecule has 1 aliphatic rings. The molecule has 2 atom stereocenters. The van der Waals surface area contributed by atoms with Gasteiger partial charge in [-0.25, -0.2) is 4.79 Å². The highest BCUT2D eigenvalue weighted by Crippen LogP contribution is 2.18. The third kappa shape index (κ3) is 5.17. The van der Waals surface area contributed by atoms with Crippen molar-refractivity contribution in [1.29, 1.82) is 0 Å². The molecule has 0 aliphatic carbocycles. The summed E-state index contributed by atoms with van der Waals surface area (Å²) >= 11 is 0. The highest BCUT2D eigenvalue weighted by molar-refractivity contribution is 5.89. The Morgan fingerprint density at radius 1 is 1.36 bits per heavy atom. The number of benzene rings is 1. The van der Waals surface area contributed by atoms with Gasteiger partial charge in [-0.15, -0.1) is 0 Å². The number of carbonyl (C=O) groups excluding carboxylic acids is 2. The largest absolute Gasteiger partial charge is 0.497 e. The normalized spacial score (nSPS) is 19.5. The van der Waals surface area contributed by atoms with E-state index in [2.05, 4.69) is 0 Å². The van der Waals surface area contributed by atoms with Crippen LogP contribution in [-0.2, 0) is 25.6 Å². The van der Waals surface area contributed by atoms with Crippen LogP contribution in [0.1, 0.15) is 26.3 Å². The Bertz CT molecular complexity index is 607. The zero-order chi connectivity index (χ0) is 18.6. The first-order valence-corrected chi connectivity index (χ1v) is 8.15. The first-order valence-electron chi connectivity index (χ1n) is 8.15. The van der Waals surface area contributed by atoms with Crippen LogP contribution in [0.5, 0.6) is 5.75 Å². The maximum Gasteiger partial charge on any atom is 0.338 e. The second-order valence-electron chi connectivity index (χ2n) is 6.88. The maximum absolute atomic E-state index is 12.6.